The average molecular weight is 408 g/mol. The fourth-order valence-corrected chi connectivity index (χ4v) is 1.71. The predicted octanol–water partition coefficient (Wildman–Crippen LogP) is 2.06. The summed E-state index contributed by atoms with van der Waals surface area (Å²) in [5.74, 6) is 2.46. The van der Waals surface area contributed by atoms with Gasteiger partial charge in [0.2, 0.25) is 0 Å². The second-order valence-electron chi connectivity index (χ2n) is 5.23. The van der Waals surface area contributed by atoms with E-state index in [1.807, 2.05) is 0 Å². The highest BCUT2D eigenvalue weighted by molar-refractivity contribution is 14.0. The molecule has 1 unspecified atom stereocenters. The number of nitrogens with zero attached hydrogens (tertiary/aromatic N) is 4. The zero-order valence-electron chi connectivity index (χ0n) is 13.8. The molecule has 0 bridgehead atoms. The molecule has 1 atom stereocenters. The zero-order valence-corrected chi connectivity index (χ0v) is 16.1. The lowest BCUT2D eigenvalue weighted by Gasteiger charge is -2.20. The highest BCUT2D eigenvalue weighted by atomic mass is 127. The predicted molar refractivity (Wildman–Crippen MR) is 98.2 cm³/mol. The van der Waals surface area contributed by atoms with Gasteiger partial charge in [-0.25, -0.2) is 0 Å². The number of guanidine groups is 1. The number of rotatable bonds is 7. The molecule has 0 aliphatic heterocycles. The molecule has 0 aliphatic carbocycles. The number of aromatic nitrogens is 3. The number of hydrogen-bond acceptors (Lipinski definition) is 3. The van der Waals surface area contributed by atoms with Crippen LogP contribution in [0.1, 0.15) is 40.4 Å². The molecule has 0 fully saturated rings. The van der Waals surface area contributed by atoms with E-state index in [-0.39, 0.29) is 24.0 Å². The third kappa shape index (κ3) is 7.10. The van der Waals surface area contributed by atoms with E-state index in [0.717, 1.165) is 31.3 Å². The van der Waals surface area contributed by atoms with E-state index in [9.17, 15) is 0 Å². The summed E-state index contributed by atoms with van der Waals surface area (Å²) in [4.78, 5) is 4.60. The van der Waals surface area contributed by atoms with Crippen molar-refractivity contribution in [1.29, 1.82) is 0 Å². The minimum Gasteiger partial charge on any atom is -0.357 e. The van der Waals surface area contributed by atoms with Crippen LogP contribution in [0.4, 0.5) is 0 Å². The number of nitrogens with one attached hydrogen (secondary N) is 2. The monoisotopic (exact) mass is 408 g/mol. The molecule has 0 aromatic carbocycles. The molecule has 1 aromatic rings. The van der Waals surface area contributed by atoms with Crippen molar-refractivity contribution in [3.05, 3.63) is 12.2 Å². The Labute approximate surface area is 145 Å². The van der Waals surface area contributed by atoms with E-state index in [2.05, 4.69) is 65.0 Å². The van der Waals surface area contributed by atoms with Crippen LogP contribution >= 0.6 is 24.0 Å². The van der Waals surface area contributed by atoms with E-state index in [4.69, 9.17) is 0 Å². The molecule has 0 saturated carbocycles. The summed E-state index contributed by atoms with van der Waals surface area (Å²) >= 11 is 0. The van der Waals surface area contributed by atoms with Crippen molar-refractivity contribution in [2.45, 2.75) is 53.6 Å². The fourth-order valence-electron chi connectivity index (χ4n) is 1.71. The Kier molecular flexibility index (Phi) is 10.4. The van der Waals surface area contributed by atoms with E-state index in [1.165, 1.54) is 0 Å². The van der Waals surface area contributed by atoms with Crippen LogP contribution in [0.25, 0.3) is 0 Å². The van der Waals surface area contributed by atoms with Gasteiger partial charge in [-0.15, -0.1) is 34.2 Å². The molecule has 122 valence electrons. The molecule has 0 spiro atoms. The molecule has 7 heteroatoms. The molecule has 0 radical (unpaired) electrons. The second-order valence-corrected chi connectivity index (χ2v) is 5.23. The third-order valence-electron chi connectivity index (χ3n) is 3.33. The first-order chi connectivity index (χ1) is 9.58. The van der Waals surface area contributed by atoms with Crippen LogP contribution in [-0.2, 0) is 13.0 Å². The van der Waals surface area contributed by atoms with Crippen molar-refractivity contribution in [1.82, 2.24) is 25.4 Å². The van der Waals surface area contributed by atoms with Crippen molar-refractivity contribution >= 4 is 29.9 Å². The molecule has 1 aromatic heterocycles. The van der Waals surface area contributed by atoms with Crippen molar-refractivity contribution < 1.29 is 0 Å². The quantitative estimate of drug-likeness (QED) is 0.412. The number of halogens is 1. The first kappa shape index (κ1) is 20.1. The molecule has 1 heterocycles. The van der Waals surface area contributed by atoms with Gasteiger partial charge in [-0.1, -0.05) is 20.8 Å². The highest BCUT2D eigenvalue weighted by Gasteiger charge is 2.08. The van der Waals surface area contributed by atoms with Gasteiger partial charge in [-0.05, 0) is 19.8 Å². The molecule has 6 nitrogen and oxygen atoms in total. The Balaban J connectivity index is 0.00000400. The maximum absolute atomic E-state index is 4.60. The van der Waals surface area contributed by atoms with Gasteiger partial charge in [0.1, 0.15) is 12.2 Å². The Morgan fingerprint density at radius 3 is 2.62 bits per heavy atom. The number of hydrogen-bond donors (Lipinski definition) is 2. The van der Waals surface area contributed by atoms with E-state index < -0.39 is 0 Å². The molecule has 0 saturated heterocycles. The van der Waals surface area contributed by atoms with Crippen LogP contribution in [0.15, 0.2) is 11.3 Å². The number of aliphatic imine (C=N–C) groups is 1. The van der Waals surface area contributed by atoms with Gasteiger partial charge < -0.3 is 15.2 Å². The van der Waals surface area contributed by atoms with Crippen LogP contribution in [0, 0.1) is 5.92 Å². The second kappa shape index (κ2) is 10.8. The summed E-state index contributed by atoms with van der Waals surface area (Å²) in [7, 11) is 0. The number of aryl methyl sites for hydroxylation is 1. The van der Waals surface area contributed by atoms with E-state index in [1.54, 1.807) is 6.33 Å². The molecule has 1 rings (SSSR count). The first-order valence-corrected chi connectivity index (χ1v) is 7.50. The minimum atomic E-state index is 0. The summed E-state index contributed by atoms with van der Waals surface area (Å²) in [6, 6.07) is 0.397. The first-order valence-electron chi connectivity index (χ1n) is 7.50. The maximum Gasteiger partial charge on any atom is 0.191 e. The molecule has 0 aliphatic rings. The Morgan fingerprint density at radius 2 is 2.05 bits per heavy atom. The van der Waals surface area contributed by atoms with Crippen LogP contribution < -0.4 is 10.6 Å². The van der Waals surface area contributed by atoms with Gasteiger partial charge in [0, 0.05) is 25.6 Å². The van der Waals surface area contributed by atoms with E-state index >= 15 is 0 Å². The van der Waals surface area contributed by atoms with Gasteiger partial charge in [0.25, 0.3) is 0 Å². The Hall–Kier alpha value is -0.860. The normalized spacial score (nSPS) is 13.0. The third-order valence-corrected chi connectivity index (χ3v) is 3.33. The van der Waals surface area contributed by atoms with Crippen molar-refractivity contribution in [3.63, 3.8) is 0 Å². The lowest BCUT2D eigenvalue weighted by atomic mass is 10.1. The topological polar surface area (TPSA) is 67.1 Å². The molecule has 0 amide bonds. The Morgan fingerprint density at radius 1 is 1.33 bits per heavy atom. The SMILES string of the molecule is CCNC(=NCCn1cnnc1CC)NC(C)C(C)C.I. The molecule has 21 heavy (non-hydrogen) atoms. The summed E-state index contributed by atoms with van der Waals surface area (Å²) in [5.41, 5.74) is 0. The van der Waals surface area contributed by atoms with Gasteiger partial charge in [-0.3, -0.25) is 4.99 Å². The summed E-state index contributed by atoms with van der Waals surface area (Å²) in [6.07, 6.45) is 2.66. The van der Waals surface area contributed by atoms with Crippen LogP contribution in [-0.4, -0.2) is 39.9 Å². The van der Waals surface area contributed by atoms with Gasteiger partial charge in [-0.2, -0.15) is 0 Å². The fraction of sp³-hybridized carbons (Fsp3) is 0.786. The van der Waals surface area contributed by atoms with Crippen LogP contribution in [0.5, 0.6) is 0 Å². The van der Waals surface area contributed by atoms with Gasteiger partial charge in [0.05, 0.1) is 6.54 Å². The van der Waals surface area contributed by atoms with Gasteiger partial charge in [0.15, 0.2) is 5.96 Å². The molecule has 2 N–H and O–H groups in total. The standard InChI is InChI=1S/C14H28N6.HI/c1-6-13-19-17-10-20(13)9-8-16-14(15-7-2)18-12(5)11(3)4;/h10-12H,6-9H2,1-5H3,(H2,15,16,18);1H. The lowest BCUT2D eigenvalue weighted by Crippen LogP contribution is -2.44. The van der Waals surface area contributed by atoms with Crippen LogP contribution in [0.3, 0.4) is 0 Å². The van der Waals surface area contributed by atoms with Gasteiger partial charge >= 0.3 is 0 Å². The maximum atomic E-state index is 4.60. The van der Waals surface area contributed by atoms with Crippen molar-refractivity contribution in [3.8, 4) is 0 Å². The highest BCUT2D eigenvalue weighted by Crippen LogP contribution is 1.99. The van der Waals surface area contributed by atoms with E-state index in [0.29, 0.717) is 18.5 Å². The summed E-state index contributed by atoms with van der Waals surface area (Å²) < 4.78 is 2.05. The largest absolute Gasteiger partial charge is 0.357 e. The average Bonchev–Trinajstić information content (AvgIpc) is 2.86. The van der Waals surface area contributed by atoms with Crippen LogP contribution in [0.2, 0.25) is 0 Å². The molecular weight excluding hydrogens is 379 g/mol. The smallest absolute Gasteiger partial charge is 0.191 e. The Bertz CT molecular complexity index is 415. The van der Waals surface area contributed by atoms with Crippen molar-refractivity contribution in [2.75, 3.05) is 13.1 Å². The lowest BCUT2D eigenvalue weighted by molar-refractivity contribution is 0.480. The zero-order chi connectivity index (χ0) is 15.0. The molecular formula is C14H29IN6. The minimum absolute atomic E-state index is 0. The summed E-state index contributed by atoms with van der Waals surface area (Å²) in [5, 5.41) is 14.7. The summed E-state index contributed by atoms with van der Waals surface area (Å²) in [6.45, 7) is 13.1. The van der Waals surface area contributed by atoms with Crippen molar-refractivity contribution in [2.24, 2.45) is 10.9 Å².